The number of rotatable bonds is 8. The van der Waals surface area contributed by atoms with Crippen LogP contribution in [0.1, 0.15) is 54.4 Å². The Balaban J connectivity index is 1.32. The number of nitriles is 2. The molecular weight excluding hydrogens is 450 g/mol. The molecule has 36 heavy (non-hydrogen) atoms. The van der Waals surface area contributed by atoms with Gasteiger partial charge in [-0.05, 0) is 68.8 Å². The van der Waals surface area contributed by atoms with Gasteiger partial charge in [-0.1, -0.05) is 42.5 Å². The molecule has 0 radical (unpaired) electrons. The minimum absolute atomic E-state index is 0.247. The van der Waals surface area contributed by atoms with Gasteiger partial charge >= 0.3 is 5.69 Å². The Morgan fingerprint density at radius 1 is 1.03 bits per heavy atom. The molecule has 0 bridgehead atoms. The average Bonchev–Trinajstić information content (AvgIpc) is 2.93. The van der Waals surface area contributed by atoms with Crippen LogP contribution in [0.4, 0.5) is 0 Å². The van der Waals surface area contributed by atoms with E-state index in [0.717, 1.165) is 49.8 Å². The summed E-state index contributed by atoms with van der Waals surface area (Å²) in [6.07, 6.45) is 5.76. The van der Waals surface area contributed by atoms with Gasteiger partial charge in [-0.15, -0.1) is 0 Å². The van der Waals surface area contributed by atoms with Crippen LogP contribution in [0.2, 0.25) is 0 Å². The SMILES string of the molecule is Cc1cn(CCCNC2CCC(C#N)(c3ccc(C#N)cc3)CC2)c(=O)n(Cc2ccccc2)c1=O. The van der Waals surface area contributed by atoms with Crippen LogP contribution in [0, 0.1) is 29.6 Å². The van der Waals surface area contributed by atoms with E-state index in [1.165, 1.54) is 4.57 Å². The zero-order chi connectivity index (χ0) is 25.5. The van der Waals surface area contributed by atoms with E-state index in [1.807, 2.05) is 42.5 Å². The second-order valence-corrected chi connectivity index (χ2v) is 9.63. The molecule has 1 fully saturated rings. The molecule has 3 aromatic rings. The van der Waals surface area contributed by atoms with Gasteiger partial charge < -0.3 is 9.88 Å². The summed E-state index contributed by atoms with van der Waals surface area (Å²) in [7, 11) is 0. The van der Waals surface area contributed by atoms with Gasteiger partial charge in [0.05, 0.1) is 29.7 Å². The Kier molecular flexibility index (Phi) is 7.83. The minimum Gasteiger partial charge on any atom is -0.314 e. The highest BCUT2D eigenvalue weighted by molar-refractivity contribution is 5.39. The molecule has 0 unspecified atom stereocenters. The zero-order valence-corrected chi connectivity index (χ0v) is 20.6. The van der Waals surface area contributed by atoms with Gasteiger partial charge in [0.2, 0.25) is 0 Å². The maximum Gasteiger partial charge on any atom is 0.331 e. The molecule has 7 nitrogen and oxygen atoms in total. The highest BCUT2D eigenvalue weighted by Gasteiger charge is 2.36. The molecular formula is C29H31N5O2. The van der Waals surface area contributed by atoms with Crippen LogP contribution in [0.5, 0.6) is 0 Å². The standard InChI is InChI=1S/C29H31N5O2/c1-22-19-33(28(36)34(27(22)35)20-24-6-3-2-4-7-24)17-5-16-32-26-12-14-29(21-31,15-13-26)25-10-8-23(18-30)9-11-25/h2-4,6-11,19,26,32H,5,12-17,20H2,1H3. The molecule has 7 heteroatoms. The number of hydrogen-bond acceptors (Lipinski definition) is 5. The van der Waals surface area contributed by atoms with E-state index < -0.39 is 5.41 Å². The predicted octanol–water partition coefficient (Wildman–Crippen LogP) is 3.62. The number of nitrogens with zero attached hydrogens (tertiary/aromatic N) is 4. The van der Waals surface area contributed by atoms with Gasteiger partial charge in [0.25, 0.3) is 5.56 Å². The van der Waals surface area contributed by atoms with Crippen molar-refractivity contribution < 1.29 is 0 Å². The Morgan fingerprint density at radius 3 is 2.36 bits per heavy atom. The summed E-state index contributed by atoms with van der Waals surface area (Å²) >= 11 is 0. The number of nitrogens with one attached hydrogen (secondary N) is 1. The lowest BCUT2D eigenvalue weighted by Crippen LogP contribution is -2.42. The molecule has 4 rings (SSSR count). The van der Waals surface area contributed by atoms with Gasteiger partial charge in [-0.25, -0.2) is 4.79 Å². The largest absolute Gasteiger partial charge is 0.331 e. The highest BCUT2D eigenvalue weighted by atomic mass is 16.2. The average molecular weight is 482 g/mol. The van der Waals surface area contributed by atoms with Crippen LogP contribution >= 0.6 is 0 Å². The molecule has 1 heterocycles. The predicted molar refractivity (Wildman–Crippen MR) is 139 cm³/mol. The third-order valence-corrected chi connectivity index (χ3v) is 7.22. The number of aromatic nitrogens is 2. The molecule has 1 aromatic heterocycles. The molecule has 0 saturated heterocycles. The van der Waals surface area contributed by atoms with Crippen LogP contribution in [0.25, 0.3) is 0 Å². The van der Waals surface area contributed by atoms with Crippen molar-refractivity contribution in [2.75, 3.05) is 6.54 Å². The summed E-state index contributed by atoms with van der Waals surface area (Å²) < 4.78 is 2.94. The second kappa shape index (κ2) is 11.2. The smallest absolute Gasteiger partial charge is 0.314 e. The third kappa shape index (κ3) is 5.48. The molecule has 1 N–H and O–H groups in total. The van der Waals surface area contributed by atoms with Crippen molar-refractivity contribution in [2.24, 2.45) is 0 Å². The Labute approximate surface area is 211 Å². The molecule has 1 aliphatic rings. The Morgan fingerprint density at radius 2 is 1.72 bits per heavy atom. The van der Waals surface area contributed by atoms with Crippen LogP contribution < -0.4 is 16.6 Å². The number of benzene rings is 2. The maximum absolute atomic E-state index is 13.0. The Bertz CT molecular complexity index is 1380. The van der Waals surface area contributed by atoms with Crippen molar-refractivity contribution >= 4 is 0 Å². The summed E-state index contributed by atoms with van der Waals surface area (Å²) in [5.74, 6) is 0. The molecule has 1 saturated carbocycles. The summed E-state index contributed by atoms with van der Waals surface area (Å²) in [5.41, 5.74) is 2.04. The van der Waals surface area contributed by atoms with Crippen molar-refractivity contribution in [3.05, 3.63) is 104 Å². The van der Waals surface area contributed by atoms with Crippen molar-refractivity contribution in [1.29, 1.82) is 10.5 Å². The fraction of sp³-hybridized carbons (Fsp3) is 0.379. The summed E-state index contributed by atoms with van der Waals surface area (Å²) in [6, 6.07) is 21.9. The van der Waals surface area contributed by atoms with E-state index in [1.54, 1.807) is 29.8 Å². The topological polar surface area (TPSA) is 104 Å². The van der Waals surface area contributed by atoms with Crippen LogP contribution in [0.15, 0.2) is 70.4 Å². The normalized spacial score (nSPS) is 19.4. The van der Waals surface area contributed by atoms with Gasteiger partial charge in [0.1, 0.15) is 0 Å². The highest BCUT2D eigenvalue weighted by Crippen LogP contribution is 2.39. The molecule has 2 aromatic carbocycles. The van der Waals surface area contributed by atoms with E-state index in [2.05, 4.69) is 17.5 Å². The number of aryl methyl sites for hydroxylation is 2. The Hall–Kier alpha value is -3.94. The fourth-order valence-electron chi connectivity index (χ4n) is 5.06. The zero-order valence-electron chi connectivity index (χ0n) is 20.6. The lowest BCUT2D eigenvalue weighted by molar-refractivity contribution is 0.294. The summed E-state index contributed by atoms with van der Waals surface area (Å²) in [5, 5.41) is 22.6. The van der Waals surface area contributed by atoms with E-state index >= 15 is 0 Å². The van der Waals surface area contributed by atoms with Gasteiger partial charge in [0, 0.05) is 24.3 Å². The van der Waals surface area contributed by atoms with Crippen LogP contribution in [-0.4, -0.2) is 21.7 Å². The maximum atomic E-state index is 13.0. The molecule has 184 valence electrons. The monoisotopic (exact) mass is 481 g/mol. The van der Waals surface area contributed by atoms with Crippen LogP contribution in [-0.2, 0) is 18.5 Å². The lowest BCUT2D eigenvalue weighted by Gasteiger charge is -2.35. The number of hydrogen-bond donors (Lipinski definition) is 1. The van der Waals surface area contributed by atoms with E-state index in [9.17, 15) is 14.9 Å². The van der Waals surface area contributed by atoms with Gasteiger partial charge in [-0.3, -0.25) is 9.36 Å². The quantitative estimate of drug-likeness (QED) is 0.495. The third-order valence-electron chi connectivity index (χ3n) is 7.22. The van der Waals surface area contributed by atoms with Crippen LogP contribution in [0.3, 0.4) is 0 Å². The first kappa shape index (κ1) is 25.2. The van der Waals surface area contributed by atoms with E-state index in [-0.39, 0.29) is 17.8 Å². The van der Waals surface area contributed by atoms with Gasteiger partial charge in [0.15, 0.2) is 0 Å². The molecule has 1 aliphatic carbocycles. The summed E-state index contributed by atoms with van der Waals surface area (Å²) in [6.45, 7) is 3.29. The second-order valence-electron chi connectivity index (χ2n) is 9.63. The van der Waals surface area contributed by atoms with Crippen molar-refractivity contribution in [3.8, 4) is 12.1 Å². The van der Waals surface area contributed by atoms with E-state index in [0.29, 0.717) is 23.7 Å². The summed E-state index contributed by atoms with van der Waals surface area (Å²) in [4.78, 5) is 25.6. The first-order chi connectivity index (χ1) is 17.5. The van der Waals surface area contributed by atoms with Crippen molar-refractivity contribution in [1.82, 2.24) is 14.5 Å². The molecule has 0 atom stereocenters. The fourth-order valence-corrected chi connectivity index (χ4v) is 5.06. The minimum atomic E-state index is -0.497. The molecule has 0 aliphatic heterocycles. The lowest BCUT2D eigenvalue weighted by atomic mass is 9.69. The first-order valence-corrected chi connectivity index (χ1v) is 12.5. The van der Waals surface area contributed by atoms with Crippen molar-refractivity contribution in [2.45, 2.75) is 63.6 Å². The van der Waals surface area contributed by atoms with Gasteiger partial charge in [-0.2, -0.15) is 10.5 Å². The van der Waals surface area contributed by atoms with E-state index in [4.69, 9.17) is 5.26 Å². The first-order valence-electron chi connectivity index (χ1n) is 12.5. The molecule has 0 spiro atoms. The molecule has 0 amide bonds. The van der Waals surface area contributed by atoms with Crippen molar-refractivity contribution in [3.63, 3.8) is 0 Å².